The predicted octanol–water partition coefficient (Wildman–Crippen LogP) is 2.94. The van der Waals surface area contributed by atoms with Crippen molar-refractivity contribution in [3.63, 3.8) is 0 Å². The highest BCUT2D eigenvalue weighted by Gasteiger charge is 2.38. The number of alkyl carbamates (subject to hydrolysis) is 1. The van der Waals surface area contributed by atoms with Gasteiger partial charge < -0.3 is 25.0 Å². The molecule has 0 aromatic heterocycles. The van der Waals surface area contributed by atoms with Crippen molar-refractivity contribution in [3.05, 3.63) is 59.7 Å². The number of hydrogen-bond acceptors (Lipinski definition) is 5. The van der Waals surface area contributed by atoms with E-state index in [0.717, 1.165) is 27.2 Å². The minimum absolute atomic E-state index is 0.0528. The van der Waals surface area contributed by atoms with Gasteiger partial charge in [-0.05, 0) is 36.1 Å². The first-order valence-corrected chi connectivity index (χ1v) is 11.7. The molecule has 2 aromatic carbocycles. The van der Waals surface area contributed by atoms with Gasteiger partial charge >= 0.3 is 12.1 Å². The van der Waals surface area contributed by atoms with Crippen molar-refractivity contribution < 1.29 is 29.0 Å². The van der Waals surface area contributed by atoms with Crippen LogP contribution in [-0.4, -0.2) is 79.1 Å². The highest BCUT2D eigenvalue weighted by Crippen LogP contribution is 2.44. The largest absolute Gasteiger partial charge is 0.481 e. The molecule has 1 aliphatic carbocycles. The first-order chi connectivity index (χ1) is 16.9. The second-order valence-electron chi connectivity index (χ2n) is 9.83. The second-order valence-corrected chi connectivity index (χ2v) is 9.83. The fourth-order valence-electron chi connectivity index (χ4n) is 4.49. The Morgan fingerprint density at radius 3 is 2.00 bits per heavy atom. The SMILES string of the molecule is CN(C)C(=O)C(CC(=O)O)N(C)C(=O)C(C)(C)CNC(=O)OCC1c2ccccc2-c2ccccc21. The van der Waals surface area contributed by atoms with Gasteiger partial charge in [0.1, 0.15) is 12.6 Å². The van der Waals surface area contributed by atoms with E-state index in [1.807, 2.05) is 36.4 Å². The third-order valence-electron chi connectivity index (χ3n) is 6.48. The Morgan fingerprint density at radius 1 is 0.972 bits per heavy atom. The lowest BCUT2D eigenvalue weighted by molar-refractivity contribution is -0.152. The highest BCUT2D eigenvalue weighted by molar-refractivity contribution is 5.92. The fourth-order valence-corrected chi connectivity index (χ4v) is 4.49. The smallest absolute Gasteiger partial charge is 0.407 e. The van der Waals surface area contributed by atoms with Crippen molar-refractivity contribution in [3.8, 4) is 11.1 Å². The number of carbonyl (C=O) groups is 4. The van der Waals surface area contributed by atoms with Gasteiger partial charge in [-0.25, -0.2) is 4.79 Å². The molecule has 3 rings (SSSR count). The number of carboxylic acids is 1. The van der Waals surface area contributed by atoms with Gasteiger partial charge in [-0.2, -0.15) is 0 Å². The van der Waals surface area contributed by atoms with E-state index >= 15 is 0 Å². The van der Waals surface area contributed by atoms with Gasteiger partial charge in [0.15, 0.2) is 0 Å². The number of carboxylic acid groups (broad SMARTS) is 1. The number of likely N-dealkylation sites (N-methyl/N-ethyl adjacent to an activating group) is 2. The van der Waals surface area contributed by atoms with Crippen LogP contribution in [0, 0.1) is 5.41 Å². The second kappa shape index (κ2) is 10.8. The standard InChI is InChI=1S/C27H33N3O6/c1-27(2,25(34)30(5)22(14-23(31)32)24(33)29(3)4)16-28-26(35)36-15-21-19-12-8-6-10-17(19)18-11-7-9-13-20(18)21/h6-13,21-22H,14-16H2,1-5H3,(H,28,35)(H,31,32). The van der Waals surface area contributed by atoms with Crippen molar-refractivity contribution in [2.24, 2.45) is 5.41 Å². The number of hydrogen-bond donors (Lipinski definition) is 2. The maximum atomic E-state index is 13.1. The highest BCUT2D eigenvalue weighted by atomic mass is 16.5. The van der Waals surface area contributed by atoms with Crippen LogP contribution in [0.25, 0.3) is 11.1 Å². The number of amides is 3. The molecule has 2 aromatic rings. The van der Waals surface area contributed by atoms with Gasteiger partial charge in [0, 0.05) is 33.6 Å². The predicted molar refractivity (Wildman–Crippen MR) is 134 cm³/mol. The summed E-state index contributed by atoms with van der Waals surface area (Å²) in [4.78, 5) is 51.8. The third-order valence-corrected chi connectivity index (χ3v) is 6.48. The topological polar surface area (TPSA) is 116 Å². The summed E-state index contributed by atoms with van der Waals surface area (Å²) in [6.07, 6.45) is -1.18. The minimum Gasteiger partial charge on any atom is -0.481 e. The van der Waals surface area contributed by atoms with Crippen molar-refractivity contribution in [2.45, 2.75) is 32.2 Å². The summed E-state index contributed by atoms with van der Waals surface area (Å²) in [5, 5.41) is 11.9. The van der Waals surface area contributed by atoms with Gasteiger partial charge in [-0.15, -0.1) is 0 Å². The van der Waals surface area contributed by atoms with Crippen LogP contribution in [0.3, 0.4) is 0 Å². The average Bonchev–Trinajstić information content (AvgIpc) is 3.17. The molecule has 1 unspecified atom stereocenters. The summed E-state index contributed by atoms with van der Waals surface area (Å²) < 4.78 is 5.53. The zero-order valence-corrected chi connectivity index (χ0v) is 21.3. The number of nitrogens with zero attached hydrogens (tertiary/aromatic N) is 2. The summed E-state index contributed by atoms with van der Waals surface area (Å²) >= 11 is 0. The van der Waals surface area contributed by atoms with Gasteiger partial charge in [0.05, 0.1) is 11.8 Å². The number of nitrogens with one attached hydrogen (secondary N) is 1. The average molecular weight is 496 g/mol. The van der Waals surface area contributed by atoms with Gasteiger partial charge in [0.25, 0.3) is 0 Å². The Kier molecular flexibility index (Phi) is 8.02. The molecule has 0 radical (unpaired) electrons. The van der Waals surface area contributed by atoms with Crippen LogP contribution in [0.15, 0.2) is 48.5 Å². The van der Waals surface area contributed by atoms with E-state index in [1.165, 1.54) is 26.0 Å². The lowest BCUT2D eigenvalue weighted by Gasteiger charge is -2.34. The Hall–Kier alpha value is -3.88. The van der Waals surface area contributed by atoms with E-state index in [9.17, 15) is 24.3 Å². The molecule has 1 aliphatic rings. The van der Waals surface area contributed by atoms with Crippen LogP contribution < -0.4 is 5.32 Å². The van der Waals surface area contributed by atoms with Crippen LogP contribution in [0.2, 0.25) is 0 Å². The van der Waals surface area contributed by atoms with Gasteiger partial charge in [-0.3, -0.25) is 14.4 Å². The van der Waals surface area contributed by atoms with E-state index in [4.69, 9.17) is 4.74 Å². The van der Waals surface area contributed by atoms with Crippen LogP contribution in [0.5, 0.6) is 0 Å². The molecular weight excluding hydrogens is 462 g/mol. The molecule has 3 amide bonds. The normalized spacial score (nSPS) is 13.2. The van der Waals surface area contributed by atoms with E-state index in [0.29, 0.717) is 0 Å². The molecule has 0 bridgehead atoms. The Labute approximate surface area is 211 Å². The Balaban J connectivity index is 1.61. The van der Waals surface area contributed by atoms with E-state index in [2.05, 4.69) is 17.4 Å². The summed E-state index contributed by atoms with van der Waals surface area (Å²) in [7, 11) is 4.39. The van der Waals surface area contributed by atoms with Crippen LogP contribution in [0.4, 0.5) is 4.79 Å². The summed E-state index contributed by atoms with van der Waals surface area (Å²) in [5.41, 5.74) is 3.33. The molecule has 0 saturated heterocycles. The van der Waals surface area contributed by atoms with E-state index in [1.54, 1.807) is 13.8 Å². The first kappa shape index (κ1) is 26.7. The molecular formula is C27H33N3O6. The molecule has 9 nitrogen and oxygen atoms in total. The Morgan fingerprint density at radius 2 is 1.50 bits per heavy atom. The van der Waals surface area contributed by atoms with Crippen LogP contribution >= 0.6 is 0 Å². The molecule has 192 valence electrons. The maximum Gasteiger partial charge on any atom is 0.407 e. The summed E-state index contributed by atoms with van der Waals surface area (Å²) in [6.45, 7) is 3.33. The molecule has 36 heavy (non-hydrogen) atoms. The molecule has 0 aliphatic heterocycles. The fraction of sp³-hybridized carbons (Fsp3) is 0.407. The van der Waals surface area contributed by atoms with E-state index < -0.39 is 41.8 Å². The molecule has 9 heteroatoms. The Bertz CT molecular complexity index is 1110. The van der Waals surface area contributed by atoms with Crippen LogP contribution in [-0.2, 0) is 19.1 Å². The third kappa shape index (κ3) is 5.67. The minimum atomic E-state index is -1.19. The molecule has 0 fully saturated rings. The summed E-state index contributed by atoms with van der Waals surface area (Å²) in [6, 6.07) is 14.9. The van der Waals surface area contributed by atoms with Gasteiger partial charge in [-0.1, -0.05) is 48.5 Å². The lowest BCUT2D eigenvalue weighted by Crippen LogP contribution is -2.53. The molecule has 1 atom stereocenters. The van der Waals surface area contributed by atoms with Crippen molar-refractivity contribution in [1.29, 1.82) is 0 Å². The number of ether oxygens (including phenoxy) is 1. The molecule has 0 spiro atoms. The van der Waals surface area contributed by atoms with Crippen molar-refractivity contribution >= 4 is 23.9 Å². The molecule has 0 heterocycles. The number of aliphatic carboxylic acids is 1. The van der Waals surface area contributed by atoms with Gasteiger partial charge in [0.2, 0.25) is 11.8 Å². The maximum absolute atomic E-state index is 13.1. The van der Waals surface area contributed by atoms with Crippen molar-refractivity contribution in [2.75, 3.05) is 34.3 Å². The van der Waals surface area contributed by atoms with Crippen molar-refractivity contribution in [1.82, 2.24) is 15.1 Å². The zero-order chi connectivity index (χ0) is 26.6. The monoisotopic (exact) mass is 495 g/mol. The quantitative estimate of drug-likeness (QED) is 0.553. The lowest BCUT2D eigenvalue weighted by atomic mass is 9.90. The van der Waals surface area contributed by atoms with E-state index in [-0.39, 0.29) is 19.1 Å². The number of rotatable bonds is 9. The first-order valence-electron chi connectivity index (χ1n) is 11.7. The number of carbonyl (C=O) groups excluding carboxylic acids is 3. The van der Waals surface area contributed by atoms with Crippen LogP contribution in [0.1, 0.15) is 37.3 Å². The molecule has 2 N–H and O–H groups in total. The number of benzene rings is 2. The zero-order valence-electron chi connectivity index (χ0n) is 21.3. The molecule has 0 saturated carbocycles. The summed E-state index contributed by atoms with van der Waals surface area (Å²) in [5.74, 6) is -2.24. The number of fused-ring (bicyclic) bond motifs is 3.